The number of aliphatic hydroxyl groups is 2. The lowest BCUT2D eigenvalue weighted by Gasteiger charge is -2.09. The molecule has 0 saturated carbocycles. The van der Waals surface area contributed by atoms with Gasteiger partial charge in [0.1, 0.15) is 16.8 Å². The Kier molecular flexibility index (Phi) is 10.9. The highest BCUT2D eigenvalue weighted by Gasteiger charge is 2.12. The number of H-pyrrole nitrogens is 1. The summed E-state index contributed by atoms with van der Waals surface area (Å²) in [5.74, 6) is 1.75. The average Bonchev–Trinajstić information content (AvgIpc) is 3.72. The van der Waals surface area contributed by atoms with E-state index >= 15 is 0 Å². The Hall–Kier alpha value is -6.62. The number of hydrogen-bond acceptors (Lipinski definition) is 9. The smallest absolute Gasteiger partial charge is 0.150 e. The van der Waals surface area contributed by atoms with E-state index in [1.54, 1.807) is 0 Å². The van der Waals surface area contributed by atoms with E-state index in [0.717, 1.165) is 110 Å². The van der Waals surface area contributed by atoms with Crippen molar-refractivity contribution >= 4 is 66.2 Å². The SMILES string of the molecule is CCCOc1ccc(CCc2cnc3c(N)nc4cc(CO)ccc4c3c2)cc1.Nc1nc2cc(CO)ccc2c2cc(CCc3ccc4[nH]ccc4c3)cnc12. The van der Waals surface area contributed by atoms with Crippen molar-refractivity contribution in [1.29, 1.82) is 0 Å². The fourth-order valence-electron chi connectivity index (χ4n) is 7.27. The van der Waals surface area contributed by atoms with Gasteiger partial charge in [0.2, 0.25) is 0 Å². The van der Waals surface area contributed by atoms with Gasteiger partial charge in [-0.1, -0.05) is 49.4 Å². The number of fused-ring (bicyclic) bond motifs is 7. The number of pyridine rings is 4. The molecule has 0 fully saturated rings. The second-order valence-electron chi connectivity index (χ2n) is 14.4. The summed E-state index contributed by atoms with van der Waals surface area (Å²) in [6.45, 7) is 2.81. The van der Waals surface area contributed by atoms with Crippen LogP contribution in [-0.4, -0.2) is 41.7 Å². The van der Waals surface area contributed by atoms with E-state index in [1.165, 1.54) is 22.1 Å². The number of aromatic nitrogens is 5. The van der Waals surface area contributed by atoms with Crippen LogP contribution in [0.4, 0.5) is 11.6 Å². The lowest BCUT2D eigenvalue weighted by Crippen LogP contribution is -1.99. The van der Waals surface area contributed by atoms with Crippen LogP contribution in [0.2, 0.25) is 0 Å². The van der Waals surface area contributed by atoms with E-state index in [1.807, 2.05) is 67.1 Å². The Balaban J connectivity index is 0.000000160. The first-order valence-corrected chi connectivity index (χ1v) is 19.3. The molecule has 5 heterocycles. The summed E-state index contributed by atoms with van der Waals surface area (Å²) in [7, 11) is 0. The van der Waals surface area contributed by atoms with E-state index in [2.05, 4.69) is 80.4 Å². The molecule has 0 bridgehead atoms. The quantitative estimate of drug-likeness (QED) is 0.0812. The second kappa shape index (κ2) is 16.6. The number of aliphatic hydroxyl groups excluding tert-OH is 2. The maximum Gasteiger partial charge on any atom is 0.150 e. The molecule has 0 aliphatic carbocycles. The zero-order valence-corrected chi connectivity index (χ0v) is 31.9. The maximum absolute atomic E-state index is 9.38. The Morgan fingerprint density at radius 2 is 1.09 bits per heavy atom. The van der Waals surface area contributed by atoms with Gasteiger partial charge in [0.25, 0.3) is 0 Å². The summed E-state index contributed by atoms with van der Waals surface area (Å²) >= 11 is 0. The molecule has 10 nitrogen and oxygen atoms in total. The van der Waals surface area contributed by atoms with E-state index in [-0.39, 0.29) is 13.2 Å². The molecule has 5 aromatic heterocycles. The van der Waals surface area contributed by atoms with Crippen molar-refractivity contribution in [2.45, 2.75) is 52.2 Å². The van der Waals surface area contributed by atoms with Gasteiger partial charge in [0.05, 0.1) is 30.9 Å². The minimum atomic E-state index is -0.0177. The number of nitrogens with zero attached hydrogens (tertiary/aromatic N) is 4. The molecule has 0 radical (unpaired) electrons. The summed E-state index contributed by atoms with van der Waals surface area (Å²) in [4.78, 5) is 21.3. The summed E-state index contributed by atoms with van der Waals surface area (Å²) in [5.41, 5.74) is 23.0. The van der Waals surface area contributed by atoms with Crippen molar-refractivity contribution in [2.24, 2.45) is 0 Å². The standard InChI is InChI=1S/C24H25N3O2.C23H20N4O/c1-2-11-29-19-8-5-16(6-9-19)3-4-17-12-21-20-10-7-18(15-28)13-22(20)27-24(25)23(21)26-14-17;24-23-22-19(18-5-3-16(13-28)11-21(18)27-23)10-15(12-26-22)2-1-14-4-6-20-17(9-14)7-8-25-20/h5-10,12-14,28H,2-4,11,15H2,1H3,(H2,25,27);3-12,25,28H,1-2,13H2,(H2,24,27). The third-order valence-electron chi connectivity index (χ3n) is 10.3. The van der Waals surface area contributed by atoms with Crippen LogP contribution in [0.25, 0.3) is 54.5 Å². The van der Waals surface area contributed by atoms with Crippen molar-refractivity contribution in [3.63, 3.8) is 0 Å². The van der Waals surface area contributed by atoms with Gasteiger partial charge in [0, 0.05) is 45.7 Å². The first-order chi connectivity index (χ1) is 27.9. The number of ether oxygens (including phenoxy) is 1. The number of nitrogens with one attached hydrogen (secondary N) is 1. The fraction of sp³-hybridized carbons (Fsp3) is 0.191. The molecule has 9 rings (SSSR count). The van der Waals surface area contributed by atoms with Gasteiger partial charge in [-0.15, -0.1) is 0 Å². The highest BCUT2D eigenvalue weighted by molar-refractivity contribution is 6.09. The number of hydrogen-bond donors (Lipinski definition) is 5. The molecule has 7 N–H and O–H groups in total. The Morgan fingerprint density at radius 1 is 0.561 bits per heavy atom. The molecule has 0 unspecified atom stereocenters. The molecule has 57 heavy (non-hydrogen) atoms. The number of benzene rings is 4. The van der Waals surface area contributed by atoms with Crippen LogP contribution in [-0.2, 0) is 38.9 Å². The number of aryl methyl sites for hydroxylation is 4. The Morgan fingerprint density at radius 3 is 1.65 bits per heavy atom. The van der Waals surface area contributed by atoms with Crippen LogP contribution in [0.15, 0.2) is 116 Å². The van der Waals surface area contributed by atoms with Crippen LogP contribution in [0.5, 0.6) is 5.75 Å². The lowest BCUT2D eigenvalue weighted by atomic mass is 10.0. The van der Waals surface area contributed by atoms with E-state index in [9.17, 15) is 10.2 Å². The molecule has 286 valence electrons. The molecule has 0 amide bonds. The predicted molar refractivity (Wildman–Crippen MR) is 230 cm³/mol. The van der Waals surface area contributed by atoms with Crippen molar-refractivity contribution in [3.05, 3.63) is 149 Å². The highest BCUT2D eigenvalue weighted by Crippen LogP contribution is 2.30. The molecule has 9 aromatic rings. The number of aromatic amines is 1. The largest absolute Gasteiger partial charge is 0.494 e. The first kappa shape index (κ1) is 37.3. The Labute approximate surface area is 330 Å². The Bertz CT molecular complexity index is 2850. The molecule has 0 spiro atoms. The van der Waals surface area contributed by atoms with Crippen molar-refractivity contribution in [3.8, 4) is 5.75 Å². The minimum Gasteiger partial charge on any atom is -0.494 e. The minimum absolute atomic E-state index is 0.0145. The van der Waals surface area contributed by atoms with Gasteiger partial charge in [-0.2, -0.15) is 0 Å². The normalized spacial score (nSPS) is 11.4. The van der Waals surface area contributed by atoms with E-state index < -0.39 is 0 Å². The van der Waals surface area contributed by atoms with Gasteiger partial charge in [-0.3, -0.25) is 9.97 Å². The number of anilines is 2. The van der Waals surface area contributed by atoms with Crippen molar-refractivity contribution in [1.82, 2.24) is 24.9 Å². The average molecular weight is 756 g/mol. The topological polar surface area (TPSA) is 169 Å². The first-order valence-electron chi connectivity index (χ1n) is 19.3. The summed E-state index contributed by atoms with van der Waals surface area (Å²) < 4.78 is 5.65. The summed E-state index contributed by atoms with van der Waals surface area (Å²) in [6.07, 6.45) is 10.4. The third-order valence-corrected chi connectivity index (χ3v) is 10.3. The molecular weight excluding hydrogens is 711 g/mol. The summed E-state index contributed by atoms with van der Waals surface area (Å²) in [5, 5.41) is 24.0. The number of rotatable bonds is 11. The molecular formula is C47H45N7O3. The number of nitrogen functional groups attached to an aromatic ring is 2. The molecule has 0 aliphatic rings. The molecule has 4 aromatic carbocycles. The third kappa shape index (κ3) is 8.18. The zero-order chi connectivity index (χ0) is 39.3. The van der Waals surface area contributed by atoms with Crippen LogP contribution in [0.1, 0.15) is 46.7 Å². The molecule has 0 saturated heterocycles. The predicted octanol–water partition coefficient (Wildman–Crippen LogP) is 8.56. The monoisotopic (exact) mass is 755 g/mol. The molecule has 10 heteroatoms. The second-order valence-corrected chi connectivity index (χ2v) is 14.4. The fourth-order valence-corrected chi connectivity index (χ4v) is 7.27. The summed E-state index contributed by atoms with van der Waals surface area (Å²) in [6, 6.07) is 32.8. The van der Waals surface area contributed by atoms with Crippen molar-refractivity contribution in [2.75, 3.05) is 18.1 Å². The molecule has 0 aliphatic heterocycles. The molecule has 0 atom stereocenters. The zero-order valence-electron chi connectivity index (χ0n) is 31.9. The van der Waals surface area contributed by atoms with Crippen molar-refractivity contribution < 1.29 is 14.9 Å². The van der Waals surface area contributed by atoms with Gasteiger partial charge in [-0.25, -0.2) is 9.97 Å². The highest BCUT2D eigenvalue weighted by atomic mass is 16.5. The lowest BCUT2D eigenvalue weighted by molar-refractivity contribution is 0.282. The number of nitrogens with two attached hydrogens (primary N) is 2. The van der Waals surface area contributed by atoms with Gasteiger partial charge < -0.3 is 31.4 Å². The van der Waals surface area contributed by atoms with Gasteiger partial charge in [0.15, 0.2) is 11.6 Å². The van der Waals surface area contributed by atoms with E-state index in [4.69, 9.17) is 16.2 Å². The van der Waals surface area contributed by atoms with Crippen LogP contribution in [0, 0.1) is 0 Å². The van der Waals surface area contributed by atoms with Crippen LogP contribution < -0.4 is 16.2 Å². The van der Waals surface area contributed by atoms with Gasteiger partial charge in [-0.05, 0) is 125 Å². The van der Waals surface area contributed by atoms with Crippen LogP contribution in [0.3, 0.4) is 0 Å². The van der Waals surface area contributed by atoms with E-state index in [0.29, 0.717) is 11.6 Å². The van der Waals surface area contributed by atoms with Crippen LogP contribution >= 0.6 is 0 Å². The maximum atomic E-state index is 9.38. The van der Waals surface area contributed by atoms with Gasteiger partial charge >= 0.3 is 0 Å².